The predicted molar refractivity (Wildman–Crippen MR) is 103 cm³/mol. The Morgan fingerprint density at radius 3 is 2.52 bits per heavy atom. The van der Waals surface area contributed by atoms with Crippen LogP contribution in [0.1, 0.15) is 43.7 Å². The van der Waals surface area contributed by atoms with Gasteiger partial charge in [-0.25, -0.2) is 0 Å². The standard InChI is InChI=1S/C21H27N3O3/c1-21(2,3)23-20(26)19(25)22-13-17(18-9-6-12-27-18)24-11-10-15-7-4-5-8-16(15)14-24/h4-9,12,17H,10-11,13-14H2,1-3H3,(H,22,25)(H,23,26). The number of hydrogen-bond acceptors (Lipinski definition) is 4. The van der Waals surface area contributed by atoms with Gasteiger partial charge in [0.05, 0.1) is 12.3 Å². The van der Waals surface area contributed by atoms with Gasteiger partial charge in [-0.15, -0.1) is 0 Å². The molecule has 1 unspecified atom stereocenters. The maximum absolute atomic E-state index is 12.2. The molecular formula is C21H27N3O3. The first-order valence-electron chi connectivity index (χ1n) is 9.28. The summed E-state index contributed by atoms with van der Waals surface area (Å²) in [5.74, 6) is -0.463. The SMILES string of the molecule is CC(C)(C)NC(=O)C(=O)NCC(c1ccco1)N1CCc2ccccc2C1. The van der Waals surface area contributed by atoms with E-state index in [1.54, 1.807) is 6.26 Å². The third kappa shape index (κ3) is 4.98. The van der Waals surface area contributed by atoms with Gasteiger partial charge < -0.3 is 15.1 Å². The van der Waals surface area contributed by atoms with Crippen molar-refractivity contribution < 1.29 is 14.0 Å². The van der Waals surface area contributed by atoms with Gasteiger partial charge in [-0.3, -0.25) is 14.5 Å². The highest BCUT2D eigenvalue weighted by molar-refractivity contribution is 6.35. The maximum Gasteiger partial charge on any atom is 0.309 e. The molecule has 6 heteroatoms. The van der Waals surface area contributed by atoms with Gasteiger partial charge in [0.2, 0.25) is 0 Å². The quantitative estimate of drug-likeness (QED) is 0.812. The fraction of sp³-hybridized carbons (Fsp3) is 0.429. The van der Waals surface area contributed by atoms with E-state index in [0.717, 1.165) is 25.3 Å². The highest BCUT2D eigenvalue weighted by Crippen LogP contribution is 2.27. The number of hydrogen-bond donors (Lipinski definition) is 2. The first-order valence-corrected chi connectivity index (χ1v) is 9.28. The Labute approximate surface area is 159 Å². The van der Waals surface area contributed by atoms with Crippen molar-refractivity contribution in [3.05, 3.63) is 59.5 Å². The molecule has 3 rings (SSSR count). The van der Waals surface area contributed by atoms with Crippen LogP contribution in [-0.4, -0.2) is 35.3 Å². The largest absolute Gasteiger partial charge is 0.468 e. The van der Waals surface area contributed by atoms with E-state index < -0.39 is 17.4 Å². The van der Waals surface area contributed by atoms with Gasteiger partial charge in [-0.05, 0) is 50.5 Å². The lowest BCUT2D eigenvalue weighted by atomic mass is 9.98. The van der Waals surface area contributed by atoms with E-state index in [-0.39, 0.29) is 6.04 Å². The number of nitrogens with zero attached hydrogens (tertiary/aromatic N) is 1. The number of benzene rings is 1. The smallest absolute Gasteiger partial charge is 0.309 e. The summed E-state index contributed by atoms with van der Waals surface area (Å²) in [6, 6.07) is 12.0. The molecule has 2 amide bonds. The monoisotopic (exact) mass is 369 g/mol. The van der Waals surface area contributed by atoms with Crippen LogP contribution in [0.15, 0.2) is 47.1 Å². The molecule has 0 fully saturated rings. The van der Waals surface area contributed by atoms with Gasteiger partial charge in [0.15, 0.2) is 0 Å². The third-order valence-corrected chi connectivity index (χ3v) is 4.62. The Kier molecular flexibility index (Phi) is 5.65. The molecule has 0 spiro atoms. The molecule has 1 aliphatic rings. The van der Waals surface area contributed by atoms with Crippen molar-refractivity contribution in [3.63, 3.8) is 0 Å². The summed E-state index contributed by atoms with van der Waals surface area (Å²) in [5, 5.41) is 5.44. The van der Waals surface area contributed by atoms with Crippen LogP contribution in [0.3, 0.4) is 0 Å². The first kappa shape index (κ1) is 19.2. The fourth-order valence-corrected chi connectivity index (χ4v) is 3.34. The van der Waals surface area contributed by atoms with Crippen LogP contribution < -0.4 is 10.6 Å². The van der Waals surface area contributed by atoms with Gasteiger partial charge in [0, 0.05) is 25.2 Å². The van der Waals surface area contributed by atoms with E-state index >= 15 is 0 Å². The molecule has 1 aromatic carbocycles. The Balaban J connectivity index is 1.69. The molecule has 1 aromatic heterocycles. The minimum atomic E-state index is -0.626. The summed E-state index contributed by atoms with van der Waals surface area (Å²) >= 11 is 0. The van der Waals surface area contributed by atoms with Gasteiger partial charge >= 0.3 is 11.8 Å². The second-order valence-corrected chi connectivity index (χ2v) is 7.93. The average molecular weight is 369 g/mol. The van der Waals surface area contributed by atoms with Gasteiger partial charge in [-0.1, -0.05) is 24.3 Å². The minimum Gasteiger partial charge on any atom is -0.468 e. The van der Waals surface area contributed by atoms with Crippen LogP contribution >= 0.6 is 0 Å². The van der Waals surface area contributed by atoms with Crippen LogP contribution in [0, 0.1) is 0 Å². The zero-order chi connectivity index (χ0) is 19.4. The minimum absolute atomic E-state index is 0.125. The van der Waals surface area contributed by atoms with Crippen LogP contribution in [0.5, 0.6) is 0 Å². The molecule has 0 bridgehead atoms. The summed E-state index contributed by atoms with van der Waals surface area (Å²) in [6.07, 6.45) is 2.58. The summed E-state index contributed by atoms with van der Waals surface area (Å²) < 4.78 is 5.62. The van der Waals surface area contributed by atoms with E-state index in [4.69, 9.17) is 4.42 Å². The Hall–Kier alpha value is -2.60. The lowest BCUT2D eigenvalue weighted by Crippen LogP contribution is -2.49. The molecule has 0 aliphatic carbocycles. The molecule has 144 valence electrons. The lowest BCUT2D eigenvalue weighted by Gasteiger charge is -2.34. The molecular weight excluding hydrogens is 342 g/mol. The Morgan fingerprint density at radius 2 is 1.85 bits per heavy atom. The van der Waals surface area contributed by atoms with E-state index in [0.29, 0.717) is 6.54 Å². The normalized spacial score (nSPS) is 15.7. The first-order chi connectivity index (χ1) is 12.8. The molecule has 0 radical (unpaired) electrons. The van der Waals surface area contributed by atoms with E-state index in [9.17, 15) is 9.59 Å². The van der Waals surface area contributed by atoms with Crippen LogP contribution in [0.4, 0.5) is 0 Å². The van der Waals surface area contributed by atoms with Crippen LogP contribution in [0.25, 0.3) is 0 Å². The lowest BCUT2D eigenvalue weighted by molar-refractivity contribution is -0.140. The Morgan fingerprint density at radius 1 is 1.11 bits per heavy atom. The highest BCUT2D eigenvalue weighted by Gasteiger charge is 2.28. The summed E-state index contributed by atoms with van der Waals surface area (Å²) in [7, 11) is 0. The topological polar surface area (TPSA) is 74.6 Å². The van der Waals surface area contributed by atoms with Gasteiger partial charge in [-0.2, -0.15) is 0 Å². The second kappa shape index (κ2) is 7.96. The van der Waals surface area contributed by atoms with E-state index in [1.807, 2.05) is 39.0 Å². The molecule has 27 heavy (non-hydrogen) atoms. The summed E-state index contributed by atoms with van der Waals surface area (Å²) in [6.45, 7) is 7.49. The molecule has 0 saturated heterocycles. The van der Waals surface area contributed by atoms with E-state index in [1.165, 1.54) is 11.1 Å². The number of furan rings is 1. The summed E-state index contributed by atoms with van der Waals surface area (Å²) in [5.41, 5.74) is 2.20. The Bertz CT molecular complexity index is 793. The highest BCUT2D eigenvalue weighted by atomic mass is 16.3. The van der Waals surface area contributed by atoms with Crippen LogP contribution in [0.2, 0.25) is 0 Å². The zero-order valence-corrected chi connectivity index (χ0v) is 16.1. The van der Waals surface area contributed by atoms with Crippen molar-refractivity contribution >= 4 is 11.8 Å². The third-order valence-electron chi connectivity index (χ3n) is 4.62. The molecule has 2 heterocycles. The van der Waals surface area contributed by atoms with Gasteiger partial charge in [0.1, 0.15) is 5.76 Å². The predicted octanol–water partition coefficient (Wildman–Crippen LogP) is 2.41. The maximum atomic E-state index is 12.2. The number of rotatable bonds is 4. The van der Waals surface area contributed by atoms with Crippen molar-refractivity contribution in [1.82, 2.24) is 15.5 Å². The molecule has 2 N–H and O–H groups in total. The zero-order valence-electron chi connectivity index (χ0n) is 16.1. The van der Waals surface area contributed by atoms with Gasteiger partial charge in [0.25, 0.3) is 0 Å². The summed E-state index contributed by atoms with van der Waals surface area (Å²) in [4.78, 5) is 26.5. The molecule has 6 nitrogen and oxygen atoms in total. The van der Waals surface area contributed by atoms with Crippen molar-refractivity contribution in [2.24, 2.45) is 0 Å². The number of fused-ring (bicyclic) bond motifs is 1. The van der Waals surface area contributed by atoms with Crippen LogP contribution in [-0.2, 0) is 22.6 Å². The fourth-order valence-electron chi connectivity index (χ4n) is 3.34. The van der Waals surface area contributed by atoms with Crippen molar-refractivity contribution in [2.75, 3.05) is 13.1 Å². The van der Waals surface area contributed by atoms with Crippen molar-refractivity contribution in [2.45, 2.75) is 45.3 Å². The van der Waals surface area contributed by atoms with Crippen molar-refractivity contribution in [1.29, 1.82) is 0 Å². The number of nitrogens with one attached hydrogen (secondary N) is 2. The molecule has 1 atom stereocenters. The molecule has 1 aliphatic heterocycles. The number of amides is 2. The van der Waals surface area contributed by atoms with Crippen molar-refractivity contribution in [3.8, 4) is 0 Å². The van der Waals surface area contributed by atoms with E-state index in [2.05, 4.69) is 33.7 Å². The second-order valence-electron chi connectivity index (χ2n) is 7.93. The average Bonchev–Trinajstić information content (AvgIpc) is 3.14. The number of carbonyl (C=O) groups excluding carboxylic acids is 2. The molecule has 0 saturated carbocycles. The molecule has 2 aromatic rings. The number of carbonyl (C=O) groups is 2.